The minimum Gasteiger partial charge on any atom is -0.456 e. The van der Waals surface area contributed by atoms with Crippen molar-refractivity contribution in [1.82, 2.24) is 19.9 Å². The highest BCUT2D eigenvalue weighted by Crippen LogP contribution is 2.44. The minimum absolute atomic E-state index is 0.815. The Hall–Kier alpha value is -11.9. The first-order valence-corrected chi connectivity index (χ1v) is 29.8. The number of rotatable bonds is 6. The van der Waals surface area contributed by atoms with Crippen LogP contribution in [0.25, 0.3) is 198 Å². The van der Waals surface area contributed by atoms with E-state index in [4.69, 9.17) is 28.8 Å². The fourth-order valence-corrected chi connectivity index (χ4v) is 14.0. The summed E-state index contributed by atoms with van der Waals surface area (Å²) in [5, 5.41) is 18.0. The lowest BCUT2D eigenvalue weighted by Crippen LogP contribution is -1.94. The van der Waals surface area contributed by atoms with Crippen molar-refractivity contribution in [2.24, 2.45) is 0 Å². The van der Waals surface area contributed by atoms with Crippen LogP contribution >= 0.6 is 0 Å². The van der Waals surface area contributed by atoms with Gasteiger partial charge in [-0.2, -0.15) is 0 Å². The van der Waals surface area contributed by atoms with E-state index in [1.807, 2.05) is 12.4 Å². The maximum absolute atomic E-state index is 6.78. The van der Waals surface area contributed by atoms with Crippen LogP contribution in [0.2, 0.25) is 0 Å². The summed E-state index contributed by atoms with van der Waals surface area (Å²) in [6.07, 6.45) is 3.84. The smallest absolute Gasteiger partial charge is 0.136 e. The molecular formula is C82H46N4O2. The average molecular weight is 1120 g/mol. The molecule has 0 atom stereocenters. The van der Waals surface area contributed by atoms with Crippen molar-refractivity contribution >= 4 is 131 Å². The SMILES string of the molecule is c1cc(-c2cccc(-c3cnc4c5ccccc5c5c(-c6ccc7cc8c(cc7c6)oc6cc(-c7cccc(-c9cnc%10c%11ccccc%11c%11ccccc%11c%10n9)c7)ccc68)cccc5c4n3)c2)cc(-c2ccc3c(c2)oc2cc4ccccc4cc23)c1. The Labute approximate surface area is 502 Å². The molecule has 0 amide bonds. The maximum Gasteiger partial charge on any atom is 0.136 e. The van der Waals surface area contributed by atoms with E-state index in [2.05, 4.69) is 267 Å². The monoisotopic (exact) mass is 1120 g/mol. The van der Waals surface area contributed by atoms with Crippen molar-refractivity contribution in [3.05, 3.63) is 279 Å². The van der Waals surface area contributed by atoms with Crippen molar-refractivity contribution in [3.8, 4) is 67.0 Å². The third-order valence-corrected chi connectivity index (χ3v) is 18.2. The molecule has 0 fully saturated rings. The van der Waals surface area contributed by atoms with Crippen molar-refractivity contribution in [2.45, 2.75) is 0 Å². The summed E-state index contributed by atoms with van der Waals surface area (Å²) in [4.78, 5) is 21.1. The van der Waals surface area contributed by atoms with Crippen LogP contribution in [0.15, 0.2) is 288 Å². The van der Waals surface area contributed by atoms with E-state index in [9.17, 15) is 0 Å². The van der Waals surface area contributed by atoms with Crippen molar-refractivity contribution < 1.29 is 8.83 Å². The highest BCUT2D eigenvalue weighted by atomic mass is 16.3. The summed E-state index contributed by atoms with van der Waals surface area (Å²) >= 11 is 0. The lowest BCUT2D eigenvalue weighted by molar-refractivity contribution is 0.669. The zero-order valence-electron chi connectivity index (χ0n) is 47.2. The number of hydrogen-bond acceptors (Lipinski definition) is 6. The van der Waals surface area contributed by atoms with Crippen molar-refractivity contribution in [2.75, 3.05) is 0 Å². The number of benzene rings is 15. The van der Waals surface area contributed by atoms with E-state index < -0.39 is 0 Å². The van der Waals surface area contributed by atoms with Gasteiger partial charge in [-0.15, -0.1) is 0 Å². The van der Waals surface area contributed by atoms with Crippen LogP contribution in [-0.4, -0.2) is 19.9 Å². The Balaban J connectivity index is 0.655. The zero-order valence-corrected chi connectivity index (χ0v) is 47.2. The standard InChI is InChI=1S/C82H46N4O2/c1-2-14-52-41-76-70(39-51(52)13-1)63-33-31-54(42-74(63)87-76)48-16-9-15-47(35-48)49-17-10-19-57(36-49)73-46-84-80-68-26-8-5-23-65(68)78-60(27-12-28-69(78)82(80)86-73)56-30-29-53-40-71-64-34-32-55(43-75(64)88-77(71)44-59(53)38-56)50-18-11-20-58(37-50)72-45-83-79-66-24-6-3-21-61(66)62-22-4-7-25-67(62)81(79)85-72/h1-46H. The van der Waals surface area contributed by atoms with Gasteiger partial charge in [0.1, 0.15) is 22.3 Å². The van der Waals surface area contributed by atoms with E-state index in [-0.39, 0.29) is 0 Å². The largest absolute Gasteiger partial charge is 0.456 e. The number of furan rings is 2. The summed E-state index contributed by atoms with van der Waals surface area (Å²) in [5.41, 5.74) is 19.5. The Morgan fingerprint density at radius 3 is 1.19 bits per heavy atom. The van der Waals surface area contributed by atoms with Crippen LogP contribution in [0.5, 0.6) is 0 Å². The average Bonchev–Trinajstić information content (AvgIpc) is 1.25. The number of nitrogens with zero attached hydrogens (tertiary/aromatic N) is 4. The molecule has 0 aliphatic carbocycles. The molecule has 0 bridgehead atoms. The lowest BCUT2D eigenvalue weighted by atomic mass is 9.91. The summed E-state index contributed by atoms with van der Waals surface area (Å²) in [5.74, 6) is 0. The first kappa shape index (κ1) is 48.5. The van der Waals surface area contributed by atoms with Crippen LogP contribution in [0.1, 0.15) is 0 Å². The van der Waals surface area contributed by atoms with E-state index >= 15 is 0 Å². The predicted molar refractivity (Wildman–Crippen MR) is 365 cm³/mol. The molecule has 88 heavy (non-hydrogen) atoms. The molecule has 0 radical (unpaired) electrons. The van der Waals surface area contributed by atoms with E-state index in [1.165, 1.54) is 21.5 Å². The molecule has 0 aliphatic heterocycles. The molecule has 0 saturated carbocycles. The Kier molecular flexibility index (Phi) is 10.4. The van der Waals surface area contributed by atoms with Crippen molar-refractivity contribution in [3.63, 3.8) is 0 Å². The second-order valence-corrected chi connectivity index (χ2v) is 23.2. The molecule has 6 nitrogen and oxygen atoms in total. The minimum atomic E-state index is 0.815. The lowest BCUT2D eigenvalue weighted by Gasteiger charge is -2.15. The quantitative estimate of drug-likeness (QED) is 0.154. The first-order valence-electron chi connectivity index (χ1n) is 29.8. The molecule has 0 unspecified atom stereocenters. The molecule has 19 rings (SSSR count). The predicted octanol–water partition coefficient (Wildman–Crippen LogP) is 22.3. The zero-order chi connectivity index (χ0) is 57.6. The van der Waals surface area contributed by atoms with Gasteiger partial charge in [-0.1, -0.05) is 194 Å². The fraction of sp³-hybridized carbons (Fsp3) is 0. The highest BCUT2D eigenvalue weighted by Gasteiger charge is 2.20. The van der Waals surface area contributed by atoms with Gasteiger partial charge in [0.2, 0.25) is 0 Å². The molecule has 4 heterocycles. The van der Waals surface area contributed by atoms with E-state index in [0.717, 1.165) is 176 Å². The molecule has 0 aliphatic rings. The van der Waals surface area contributed by atoms with Gasteiger partial charge >= 0.3 is 0 Å². The summed E-state index contributed by atoms with van der Waals surface area (Å²) in [6, 6.07) is 95.3. The van der Waals surface area contributed by atoms with Crippen LogP contribution in [-0.2, 0) is 0 Å². The van der Waals surface area contributed by atoms with Gasteiger partial charge in [-0.3, -0.25) is 9.97 Å². The molecule has 406 valence electrons. The Morgan fingerprint density at radius 2 is 0.614 bits per heavy atom. The number of fused-ring (bicyclic) bond motifs is 20. The van der Waals surface area contributed by atoms with Gasteiger partial charge in [0.05, 0.1) is 45.8 Å². The number of aromatic nitrogens is 4. The van der Waals surface area contributed by atoms with Crippen molar-refractivity contribution in [1.29, 1.82) is 0 Å². The normalized spacial score (nSPS) is 12.1. The molecular weight excluding hydrogens is 1070 g/mol. The highest BCUT2D eigenvalue weighted by molar-refractivity contribution is 6.27. The van der Waals surface area contributed by atoms with Gasteiger partial charge < -0.3 is 8.83 Å². The molecule has 0 spiro atoms. The molecule has 0 saturated heterocycles. The third-order valence-electron chi connectivity index (χ3n) is 18.2. The first-order chi connectivity index (χ1) is 43.5. The summed E-state index contributed by atoms with van der Waals surface area (Å²) in [7, 11) is 0. The second kappa shape index (κ2) is 18.8. The molecule has 0 N–H and O–H groups in total. The van der Waals surface area contributed by atoms with Gasteiger partial charge in [0.25, 0.3) is 0 Å². The van der Waals surface area contributed by atoms with Crippen LogP contribution < -0.4 is 0 Å². The molecule has 19 aromatic rings. The molecule has 15 aromatic carbocycles. The topological polar surface area (TPSA) is 77.8 Å². The Bertz CT molecular complexity index is 6180. The van der Waals surface area contributed by atoms with Gasteiger partial charge in [-0.25, -0.2) is 9.97 Å². The van der Waals surface area contributed by atoms with Crippen LogP contribution in [0.4, 0.5) is 0 Å². The summed E-state index contributed by atoms with van der Waals surface area (Å²) in [6.45, 7) is 0. The van der Waals surface area contributed by atoms with E-state index in [1.54, 1.807) is 0 Å². The van der Waals surface area contributed by atoms with Crippen LogP contribution in [0, 0.1) is 0 Å². The van der Waals surface area contributed by atoms with Crippen LogP contribution in [0.3, 0.4) is 0 Å². The maximum atomic E-state index is 6.78. The summed E-state index contributed by atoms with van der Waals surface area (Å²) < 4.78 is 13.2. The second-order valence-electron chi connectivity index (χ2n) is 23.2. The van der Waals surface area contributed by atoms with Gasteiger partial charge in [0.15, 0.2) is 0 Å². The third kappa shape index (κ3) is 7.55. The van der Waals surface area contributed by atoms with Gasteiger partial charge in [-0.05, 0) is 160 Å². The Morgan fingerprint density at radius 1 is 0.216 bits per heavy atom. The van der Waals surface area contributed by atoms with Gasteiger partial charge in [0, 0.05) is 54.2 Å². The molecule has 4 aromatic heterocycles. The number of hydrogen-bond donors (Lipinski definition) is 0. The van der Waals surface area contributed by atoms with E-state index in [0.29, 0.717) is 0 Å². The fourth-order valence-electron chi connectivity index (χ4n) is 14.0. The molecule has 6 heteroatoms.